The van der Waals surface area contributed by atoms with Gasteiger partial charge in [-0.15, -0.1) is 0 Å². The molecule has 120 valence electrons. The van der Waals surface area contributed by atoms with E-state index in [1.165, 1.54) is 7.11 Å². The van der Waals surface area contributed by atoms with Crippen LogP contribution in [0.5, 0.6) is 0 Å². The molecule has 0 atom stereocenters. The molecule has 0 saturated carbocycles. The van der Waals surface area contributed by atoms with Gasteiger partial charge in [-0.2, -0.15) is 0 Å². The van der Waals surface area contributed by atoms with Crippen molar-refractivity contribution < 1.29 is 14.3 Å². The number of carbonyl (C=O) groups is 2. The van der Waals surface area contributed by atoms with Gasteiger partial charge < -0.3 is 4.74 Å². The van der Waals surface area contributed by atoms with Crippen molar-refractivity contribution in [3.05, 3.63) is 51.2 Å². The molecule has 6 heteroatoms. The van der Waals surface area contributed by atoms with E-state index in [0.29, 0.717) is 18.4 Å². The van der Waals surface area contributed by atoms with Crippen molar-refractivity contribution in [3.8, 4) is 11.1 Å². The highest BCUT2D eigenvalue weighted by atomic mass is 79.9. The molecule has 0 saturated heterocycles. The number of hydrogen-bond acceptors (Lipinski definition) is 4. The third-order valence-corrected chi connectivity index (χ3v) is 4.13. The van der Waals surface area contributed by atoms with Gasteiger partial charge in [0.25, 0.3) is 0 Å². The molecule has 1 aromatic heterocycles. The summed E-state index contributed by atoms with van der Waals surface area (Å²) in [4.78, 5) is 27.3. The number of rotatable bonds is 6. The van der Waals surface area contributed by atoms with Gasteiger partial charge in [-0.1, -0.05) is 24.3 Å². The van der Waals surface area contributed by atoms with Crippen LogP contribution >= 0.6 is 31.9 Å². The van der Waals surface area contributed by atoms with E-state index in [0.717, 1.165) is 20.3 Å². The largest absolute Gasteiger partial charge is 0.469 e. The van der Waals surface area contributed by atoms with Gasteiger partial charge in [0.2, 0.25) is 0 Å². The second kappa shape index (κ2) is 8.36. The van der Waals surface area contributed by atoms with Crippen molar-refractivity contribution in [2.75, 3.05) is 7.11 Å². The van der Waals surface area contributed by atoms with Crippen molar-refractivity contribution >= 4 is 43.6 Å². The van der Waals surface area contributed by atoms with E-state index in [-0.39, 0.29) is 18.2 Å². The van der Waals surface area contributed by atoms with Crippen molar-refractivity contribution in [2.45, 2.75) is 19.3 Å². The lowest BCUT2D eigenvalue weighted by atomic mass is 10.0. The summed E-state index contributed by atoms with van der Waals surface area (Å²) in [5, 5.41) is 0. The molecule has 0 aliphatic carbocycles. The Bertz CT molecular complexity index is 694. The second-order valence-corrected chi connectivity index (χ2v) is 6.56. The van der Waals surface area contributed by atoms with Crippen LogP contribution in [0.4, 0.5) is 0 Å². The Balaban J connectivity index is 2.04. The number of hydrogen-bond donors (Lipinski definition) is 0. The van der Waals surface area contributed by atoms with Gasteiger partial charge in [0.15, 0.2) is 5.78 Å². The molecule has 23 heavy (non-hydrogen) atoms. The van der Waals surface area contributed by atoms with Gasteiger partial charge in [-0.05, 0) is 61.5 Å². The zero-order chi connectivity index (χ0) is 16.8. The lowest BCUT2D eigenvalue weighted by Gasteiger charge is -2.05. The van der Waals surface area contributed by atoms with Crippen LogP contribution in [0.2, 0.25) is 0 Å². The molecule has 2 aromatic rings. The zero-order valence-corrected chi connectivity index (χ0v) is 15.7. The third-order valence-electron chi connectivity index (χ3n) is 3.32. The quantitative estimate of drug-likeness (QED) is 0.367. The molecular formula is C17H15Br2NO3. The maximum atomic E-state index is 12.1. The number of ketones is 1. The summed E-state index contributed by atoms with van der Waals surface area (Å²) >= 11 is 6.72. The Morgan fingerprint density at radius 2 is 1.61 bits per heavy atom. The SMILES string of the molecule is COC(=O)CCCC(=O)c1ccc(-c2cc(Br)nc(Br)c2)cc1. The number of nitrogens with zero attached hydrogens (tertiary/aromatic N) is 1. The fourth-order valence-corrected chi connectivity index (χ4v) is 3.23. The first kappa shape index (κ1) is 17.8. The molecule has 4 nitrogen and oxygen atoms in total. The predicted molar refractivity (Wildman–Crippen MR) is 95.3 cm³/mol. The minimum absolute atomic E-state index is 0.0255. The molecule has 0 N–H and O–H groups in total. The van der Waals surface area contributed by atoms with Crippen LogP contribution in [0.15, 0.2) is 45.6 Å². The van der Waals surface area contributed by atoms with Crippen molar-refractivity contribution in [1.29, 1.82) is 0 Å². The summed E-state index contributed by atoms with van der Waals surface area (Å²) in [5.41, 5.74) is 2.65. The van der Waals surface area contributed by atoms with Gasteiger partial charge >= 0.3 is 5.97 Å². The van der Waals surface area contributed by atoms with Gasteiger partial charge in [0.1, 0.15) is 9.21 Å². The summed E-state index contributed by atoms with van der Waals surface area (Å²) in [5.74, 6) is -0.264. The van der Waals surface area contributed by atoms with Crippen LogP contribution in [0.1, 0.15) is 29.6 Å². The Hall–Kier alpha value is -1.53. The van der Waals surface area contributed by atoms with E-state index in [1.807, 2.05) is 24.3 Å². The highest BCUT2D eigenvalue weighted by Crippen LogP contribution is 2.25. The van der Waals surface area contributed by atoms with Crippen molar-refractivity contribution in [2.24, 2.45) is 0 Å². The van der Waals surface area contributed by atoms with Gasteiger partial charge in [-0.25, -0.2) is 4.98 Å². The molecule has 1 heterocycles. The Morgan fingerprint density at radius 1 is 1.00 bits per heavy atom. The molecule has 1 aromatic carbocycles. The maximum absolute atomic E-state index is 12.1. The van der Waals surface area contributed by atoms with Crippen LogP contribution in [0.3, 0.4) is 0 Å². The third kappa shape index (κ3) is 5.25. The lowest BCUT2D eigenvalue weighted by molar-refractivity contribution is -0.140. The van der Waals surface area contributed by atoms with Crippen LogP contribution in [-0.4, -0.2) is 23.8 Å². The standard InChI is InChI=1S/C17H15Br2NO3/c1-23-17(22)4-2-3-14(21)12-7-5-11(6-8-12)13-9-15(18)20-16(19)10-13/h5-10H,2-4H2,1H3. The molecular weight excluding hydrogens is 426 g/mol. The number of esters is 1. The fraction of sp³-hybridized carbons (Fsp3) is 0.235. The van der Waals surface area contributed by atoms with Gasteiger partial charge in [0.05, 0.1) is 7.11 Å². The average molecular weight is 441 g/mol. The first-order chi connectivity index (χ1) is 11.0. The molecule has 0 amide bonds. The van der Waals surface area contributed by atoms with E-state index >= 15 is 0 Å². The highest BCUT2D eigenvalue weighted by molar-refractivity contribution is 9.11. The van der Waals surface area contributed by atoms with Crippen molar-refractivity contribution in [3.63, 3.8) is 0 Å². The number of methoxy groups -OCH3 is 1. The number of pyridine rings is 1. The number of halogens is 2. The van der Waals surface area contributed by atoms with Crippen LogP contribution in [0, 0.1) is 0 Å². The van der Waals surface area contributed by atoms with Crippen LogP contribution in [0.25, 0.3) is 11.1 Å². The Kier molecular flexibility index (Phi) is 6.47. The molecule has 0 aliphatic rings. The average Bonchev–Trinajstić information content (AvgIpc) is 2.53. The zero-order valence-electron chi connectivity index (χ0n) is 12.5. The molecule has 0 aliphatic heterocycles. The van der Waals surface area contributed by atoms with Crippen LogP contribution < -0.4 is 0 Å². The summed E-state index contributed by atoms with van der Waals surface area (Å²) in [6, 6.07) is 11.2. The highest BCUT2D eigenvalue weighted by Gasteiger charge is 2.09. The summed E-state index contributed by atoms with van der Waals surface area (Å²) in [6.07, 6.45) is 1.09. The van der Waals surface area contributed by atoms with E-state index in [2.05, 4.69) is 41.6 Å². The van der Waals surface area contributed by atoms with Crippen molar-refractivity contribution in [1.82, 2.24) is 4.98 Å². The molecule has 0 fully saturated rings. The minimum Gasteiger partial charge on any atom is -0.469 e. The molecule has 0 radical (unpaired) electrons. The molecule has 0 spiro atoms. The van der Waals surface area contributed by atoms with Gasteiger partial charge in [-0.3, -0.25) is 9.59 Å². The van der Waals surface area contributed by atoms with E-state index < -0.39 is 0 Å². The smallest absolute Gasteiger partial charge is 0.305 e. The molecule has 0 bridgehead atoms. The molecule has 0 unspecified atom stereocenters. The number of benzene rings is 1. The summed E-state index contributed by atoms with van der Waals surface area (Å²) < 4.78 is 6.04. The fourth-order valence-electron chi connectivity index (χ4n) is 2.12. The number of Topliss-reactive ketones (excluding diaryl/α,β-unsaturated/α-hetero) is 1. The van der Waals surface area contributed by atoms with E-state index in [9.17, 15) is 9.59 Å². The number of carbonyl (C=O) groups excluding carboxylic acids is 2. The normalized spacial score (nSPS) is 10.4. The predicted octanol–water partition coefficient (Wildman–Crippen LogP) is 4.80. The minimum atomic E-state index is -0.290. The topological polar surface area (TPSA) is 56.3 Å². The molecule has 2 rings (SSSR count). The monoisotopic (exact) mass is 439 g/mol. The van der Waals surface area contributed by atoms with Crippen LogP contribution in [-0.2, 0) is 9.53 Å². The Morgan fingerprint density at radius 3 is 2.17 bits per heavy atom. The number of ether oxygens (including phenoxy) is 1. The van der Waals surface area contributed by atoms with E-state index in [1.54, 1.807) is 12.1 Å². The van der Waals surface area contributed by atoms with E-state index in [4.69, 9.17) is 0 Å². The first-order valence-corrected chi connectivity index (χ1v) is 8.61. The number of aromatic nitrogens is 1. The maximum Gasteiger partial charge on any atom is 0.305 e. The second-order valence-electron chi connectivity index (χ2n) is 4.93. The van der Waals surface area contributed by atoms with Gasteiger partial charge in [0, 0.05) is 18.4 Å². The summed E-state index contributed by atoms with van der Waals surface area (Å²) in [7, 11) is 1.35. The Labute approximate surface area is 151 Å². The lowest BCUT2D eigenvalue weighted by Crippen LogP contribution is -2.03. The summed E-state index contributed by atoms with van der Waals surface area (Å²) in [6.45, 7) is 0. The first-order valence-electron chi connectivity index (χ1n) is 7.03.